The van der Waals surface area contributed by atoms with Gasteiger partial charge in [-0.1, -0.05) is 48.4 Å². The fraction of sp³-hybridized carbons (Fsp3) is 0.235. The Morgan fingerprint density at radius 1 is 1.20 bits per heavy atom. The van der Waals surface area contributed by atoms with E-state index >= 15 is 0 Å². The van der Waals surface area contributed by atoms with Crippen molar-refractivity contribution in [3.05, 3.63) is 64.2 Å². The molecule has 2 aromatic rings. The third kappa shape index (κ3) is 3.31. The van der Waals surface area contributed by atoms with Gasteiger partial charge in [0.25, 0.3) is 0 Å². The van der Waals surface area contributed by atoms with Crippen LogP contribution in [-0.2, 0) is 0 Å². The Kier molecular flexibility index (Phi) is 4.65. The first-order valence-electron chi connectivity index (χ1n) is 6.66. The summed E-state index contributed by atoms with van der Waals surface area (Å²) < 4.78 is 0. The number of hydrogen-bond donors (Lipinski definition) is 1. The maximum absolute atomic E-state index is 8.89. The fourth-order valence-electron chi connectivity index (χ4n) is 2.12. The largest absolute Gasteiger partial charge is 0.378 e. The van der Waals surface area contributed by atoms with E-state index in [4.69, 9.17) is 16.9 Å². The van der Waals surface area contributed by atoms with Crippen LogP contribution >= 0.6 is 11.6 Å². The second-order valence-corrected chi connectivity index (χ2v) is 5.23. The van der Waals surface area contributed by atoms with Crippen molar-refractivity contribution in [3.8, 4) is 6.07 Å². The van der Waals surface area contributed by atoms with Crippen LogP contribution in [0, 0.1) is 18.3 Å². The lowest BCUT2D eigenvalue weighted by molar-refractivity contribution is 0.749. The number of benzene rings is 2. The van der Waals surface area contributed by atoms with Crippen molar-refractivity contribution in [2.24, 2.45) is 0 Å². The molecule has 0 fully saturated rings. The number of nitrogens with zero attached hydrogens (tertiary/aromatic N) is 1. The normalized spacial score (nSPS) is 11.7. The Labute approximate surface area is 125 Å². The van der Waals surface area contributed by atoms with E-state index in [1.807, 2.05) is 6.07 Å². The highest BCUT2D eigenvalue weighted by atomic mass is 35.5. The molecule has 0 bridgehead atoms. The number of hydrogen-bond acceptors (Lipinski definition) is 2. The van der Waals surface area contributed by atoms with Gasteiger partial charge in [0.1, 0.15) is 6.07 Å². The van der Waals surface area contributed by atoms with Crippen LogP contribution in [-0.4, -0.2) is 0 Å². The number of rotatable bonds is 4. The minimum atomic E-state index is 0.236. The Balaban J connectivity index is 2.20. The number of nitriles is 1. The first kappa shape index (κ1) is 14.4. The zero-order chi connectivity index (χ0) is 14.5. The Hall–Kier alpha value is -1.98. The molecule has 0 saturated heterocycles. The van der Waals surface area contributed by atoms with E-state index in [2.05, 4.69) is 49.5 Å². The summed E-state index contributed by atoms with van der Waals surface area (Å²) in [6.07, 6.45) is 0.973. The van der Waals surface area contributed by atoms with Crippen molar-refractivity contribution in [1.29, 1.82) is 5.26 Å². The standard InChI is InChI=1S/C17H17ClN2/c1-3-17(13-6-4-12(2)5-7-13)20-15-9-8-14(11-19)16(18)10-15/h4-10,17,20H,3H2,1-2H3. The second-order valence-electron chi connectivity index (χ2n) is 4.82. The summed E-state index contributed by atoms with van der Waals surface area (Å²) >= 11 is 6.06. The molecule has 0 aliphatic heterocycles. The summed E-state index contributed by atoms with van der Waals surface area (Å²) in [5, 5.41) is 12.8. The molecule has 0 spiro atoms. The smallest absolute Gasteiger partial charge is 0.101 e. The molecule has 3 heteroatoms. The van der Waals surface area contributed by atoms with Crippen LogP contribution in [0.1, 0.15) is 36.1 Å². The van der Waals surface area contributed by atoms with E-state index in [-0.39, 0.29) is 6.04 Å². The zero-order valence-electron chi connectivity index (χ0n) is 11.7. The summed E-state index contributed by atoms with van der Waals surface area (Å²) in [4.78, 5) is 0. The van der Waals surface area contributed by atoms with Crippen molar-refractivity contribution < 1.29 is 0 Å². The number of aryl methyl sites for hydroxylation is 1. The van der Waals surface area contributed by atoms with Gasteiger partial charge in [-0.25, -0.2) is 0 Å². The third-order valence-corrected chi connectivity index (χ3v) is 3.63. The molecule has 2 rings (SSSR count). The molecule has 102 valence electrons. The molecule has 0 aliphatic rings. The molecule has 0 aliphatic carbocycles. The van der Waals surface area contributed by atoms with Crippen LogP contribution in [0.3, 0.4) is 0 Å². The van der Waals surface area contributed by atoms with Crippen LogP contribution in [0.4, 0.5) is 5.69 Å². The molecule has 20 heavy (non-hydrogen) atoms. The van der Waals surface area contributed by atoms with Gasteiger partial charge < -0.3 is 5.32 Å². The predicted octanol–water partition coefficient (Wildman–Crippen LogP) is 5.08. The molecule has 1 atom stereocenters. The number of anilines is 1. The van der Waals surface area contributed by atoms with E-state index in [1.165, 1.54) is 11.1 Å². The molecule has 2 nitrogen and oxygen atoms in total. The second kappa shape index (κ2) is 6.45. The van der Waals surface area contributed by atoms with Crippen LogP contribution in [0.15, 0.2) is 42.5 Å². The maximum atomic E-state index is 8.89. The summed E-state index contributed by atoms with van der Waals surface area (Å²) in [6.45, 7) is 4.22. The Morgan fingerprint density at radius 3 is 2.45 bits per heavy atom. The third-order valence-electron chi connectivity index (χ3n) is 3.32. The van der Waals surface area contributed by atoms with Crippen LogP contribution < -0.4 is 5.32 Å². The molecular formula is C17H17ClN2. The molecule has 0 heterocycles. The van der Waals surface area contributed by atoms with Gasteiger partial charge in [0.05, 0.1) is 16.6 Å². The summed E-state index contributed by atoms with van der Waals surface area (Å²) in [5.41, 5.74) is 3.94. The SMILES string of the molecule is CCC(Nc1ccc(C#N)c(Cl)c1)c1ccc(C)cc1. The minimum absolute atomic E-state index is 0.236. The predicted molar refractivity (Wildman–Crippen MR) is 84.0 cm³/mol. The fourth-order valence-corrected chi connectivity index (χ4v) is 2.34. The van der Waals surface area contributed by atoms with Crippen LogP contribution in [0.5, 0.6) is 0 Å². The highest BCUT2D eigenvalue weighted by Crippen LogP contribution is 2.26. The lowest BCUT2D eigenvalue weighted by atomic mass is 10.0. The molecule has 2 aromatic carbocycles. The lowest BCUT2D eigenvalue weighted by Crippen LogP contribution is -2.09. The highest BCUT2D eigenvalue weighted by molar-refractivity contribution is 6.32. The first-order chi connectivity index (χ1) is 9.63. The van der Waals surface area contributed by atoms with Crippen molar-refractivity contribution in [3.63, 3.8) is 0 Å². The Morgan fingerprint density at radius 2 is 1.90 bits per heavy atom. The lowest BCUT2D eigenvalue weighted by Gasteiger charge is -2.19. The molecular weight excluding hydrogens is 268 g/mol. The van der Waals surface area contributed by atoms with Gasteiger partial charge in [-0.3, -0.25) is 0 Å². The van der Waals surface area contributed by atoms with Gasteiger partial charge in [0.15, 0.2) is 0 Å². The van der Waals surface area contributed by atoms with E-state index in [0.29, 0.717) is 10.6 Å². The van der Waals surface area contributed by atoms with Gasteiger partial charge in [0, 0.05) is 5.69 Å². The first-order valence-corrected chi connectivity index (χ1v) is 7.04. The molecule has 0 amide bonds. The molecule has 0 saturated carbocycles. The van der Waals surface area contributed by atoms with Gasteiger partial charge in [0.2, 0.25) is 0 Å². The Bertz CT molecular complexity index is 626. The van der Waals surface area contributed by atoms with Gasteiger partial charge >= 0.3 is 0 Å². The van der Waals surface area contributed by atoms with Crippen molar-refractivity contribution in [1.82, 2.24) is 0 Å². The average Bonchev–Trinajstić information content (AvgIpc) is 2.46. The van der Waals surface area contributed by atoms with E-state index in [1.54, 1.807) is 12.1 Å². The number of halogens is 1. The monoisotopic (exact) mass is 284 g/mol. The van der Waals surface area contributed by atoms with Crippen molar-refractivity contribution >= 4 is 17.3 Å². The van der Waals surface area contributed by atoms with E-state index in [9.17, 15) is 0 Å². The average molecular weight is 285 g/mol. The van der Waals surface area contributed by atoms with Crippen LogP contribution in [0.2, 0.25) is 5.02 Å². The van der Waals surface area contributed by atoms with Crippen LogP contribution in [0.25, 0.3) is 0 Å². The van der Waals surface area contributed by atoms with Gasteiger partial charge in [-0.15, -0.1) is 0 Å². The quantitative estimate of drug-likeness (QED) is 0.849. The maximum Gasteiger partial charge on any atom is 0.101 e. The minimum Gasteiger partial charge on any atom is -0.378 e. The van der Waals surface area contributed by atoms with Gasteiger partial charge in [-0.2, -0.15) is 5.26 Å². The molecule has 1 unspecified atom stereocenters. The molecule has 1 N–H and O–H groups in total. The summed E-state index contributed by atoms with van der Waals surface area (Å²) in [6, 6.07) is 16.3. The topological polar surface area (TPSA) is 35.8 Å². The van der Waals surface area contributed by atoms with Gasteiger partial charge in [-0.05, 0) is 37.1 Å². The zero-order valence-corrected chi connectivity index (χ0v) is 12.4. The number of nitrogens with one attached hydrogen (secondary N) is 1. The molecule has 0 aromatic heterocycles. The summed E-state index contributed by atoms with van der Waals surface area (Å²) in [5.74, 6) is 0. The highest BCUT2D eigenvalue weighted by Gasteiger charge is 2.10. The van der Waals surface area contributed by atoms with E-state index < -0.39 is 0 Å². The van der Waals surface area contributed by atoms with E-state index in [0.717, 1.165) is 12.1 Å². The summed E-state index contributed by atoms with van der Waals surface area (Å²) in [7, 11) is 0. The van der Waals surface area contributed by atoms with Crippen molar-refractivity contribution in [2.75, 3.05) is 5.32 Å². The molecule has 0 radical (unpaired) electrons. The van der Waals surface area contributed by atoms with Crippen molar-refractivity contribution in [2.45, 2.75) is 26.3 Å².